The molecule has 2 aromatic rings. The Labute approximate surface area is 128 Å². The zero-order chi connectivity index (χ0) is 15.0. The molecule has 1 aliphatic carbocycles. The molecule has 0 saturated heterocycles. The number of amides is 1. The Morgan fingerprint density at radius 3 is 2.67 bits per heavy atom. The number of nitrogens with two attached hydrogens (primary N) is 1. The van der Waals surface area contributed by atoms with Gasteiger partial charge in [-0.25, -0.2) is 0 Å². The van der Waals surface area contributed by atoms with E-state index in [1.165, 1.54) is 0 Å². The molecule has 0 spiro atoms. The molecule has 21 heavy (non-hydrogen) atoms. The van der Waals surface area contributed by atoms with E-state index in [-0.39, 0.29) is 23.3 Å². The highest BCUT2D eigenvalue weighted by Crippen LogP contribution is 2.33. The van der Waals surface area contributed by atoms with Gasteiger partial charge in [0.05, 0.1) is 16.6 Å². The summed E-state index contributed by atoms with van der Waals surface area (Å²) < 4.78 is 0. The van der Waals surface area contributed by atoms with Crippen LogP contribution in [-0.4, -0.2) is 22.0 Å². The van der Waals surface area contributed by atoms with Crippen LogP contribution < -0.4 is 11.1 Å². The van der Waals surface area contributed by atoms with E-state index >= 15 is 0 Å². The van der Waals surface area contributed by atoms with Gasteiger partial charge < -0.3 is 16.2 Å². The number of rotatable bonds is 4. The molecule has 1 aliphatic rings. The number of fused-ring (bicyclic) bond motifs is 1. The molecule has 1 amide bonds. The molecule has 3 rings (SSSR count). The molecule has 2 aromatic carbocycles. The summed E-state index contributed by atoms with van der Waals surface area (Å²) in [6.45, 7) is 0. The van der Waals surface area contributed by atoms with Crippen LogP contribution in [0.25, 0.3) is 10.8 Å². The van der Waals surface area contributed by atoms with Gasteiger partial charge in [-0.05, 0) is 30.2 Å². The molecule has 4 nitrogen and oxygen atoms in total. The van der Waals surface area contributed by atoms with Crippen LogP contribution in [0.3, 0.4) is 0 Å². The molecule has 108 valence electrons. The third-order valence-electron chi connectivity index (χ3n) is 3.83. The van der Waals surface area contributed by atoms with Gasteiger partial charge in [-0.15, -0.1) is 0 Å². The van der Waals surface area contributed by atoms with Gasteiger partial charge in [-0.2, -0.15) is 0 Å². The highest BCUT2D eigenvalue weighted by molar-refractivity contribution is 7.80. The van der Waals surface area contributed by atoms with Crippen molar-refractivity contribution in [3.63, 3.8) is 0 Å². The molecule has 5 heteroatoms. The summed E-state index contributed by atoms with van der Waals surface area (Å²) in [5.41, 5.74) is 5.93. The molecule has 1 saturated carbocycles. The Bertz CT molecular complexity index is 725. The molecular weight excluding hydrogens is 284 g/mol. The van der Waals surface area contributed by atoms with E-state index in [4.69, 9.17) is 18.0 Å². The third-order valence-corrected chi connectivity index (χ3v) is 4.09. The lowest BCUT2D eigenvalue weighted by Gasteiger charge is -2.17. The number of carbonyl (C=O) groups is 1. The zero-order valence-corrected chi connectivity index (χ0v) is 12.2. The van der Waals surface area contributed by atoms with Gasteiger partial charge in [-0.1, -0.05) is 42.5 Å². The van der Waals surface area contributed by atoms with Crippen molar-refractivity contribution in [3.05, 3.63) is 42.0 Å². The Balaban J connectivity index is 1.90. The number of hydrogen-bond acceptors (Lipinski definition) is 3. The first-order valence-corrected chi connectivity index (χ1v) is 7.29. The number of phenolic OH excluding ortho intramolecular Hbond substituents is 1. The first-order chi connectivity index (χ1) is 10.1. The van der Waals surface area contributed by atoms with E-state index in [1.807, 2.05) is 24.3 Å². The lowest BCUT2D eigenvalue weighted by atomic mass is 10.0. The van der Waals surface area contributed by atoms with Crippen LogP contribution in [-0.2, 0) is 0 Å². The lowest BCUT2D eigenvalue weighted by Crippen LogP contribution is -2.45. The molecule has 1 atom stereocenters. The smallest absolute Gasteiger partial charge is 0.255 e. The molecular formula is C16H16N2O2S. The zero-order valence-electron chi connectivity index (χ0n) is 11.4. The highest BCUT2D eigenvalue weighted by Gasteiger charge is 2.34. The van der Waals surface area contributed by atoms with Gasteiger partial charge in [0.25, 0.3) is 5.91 Å². The molecule has 1 fully saturated rings. The second-order valence-electron chi connectivity index (χ2n) is 5.37. The van der Waals surface area contributed by atoms with Gasteiger partial charge in [0.15, 0.2) is 0 Å². The maximum atomic E-state index is 12.4. The fourth-order valence-electron chi connectivity index (χ4n) is 2.51. The summed E-state index contributed by atoms with van der Waals surface area (Å²) >= 11 is 5.01. The third kappa shape index (κ3) is 2.69. The fourth-order valence-corrected chi connectivity index (χ4v) is 2.76. The van der Waals surface area contributed by atoms with Crippen molar-refractivity contribution in [1.29, 1.82) is 0 Å². The van der Waals surface area contributed by atoms with Crippen molar-refractivity contribution in [2.75, 3.05) is 0 Å². The summed E-state index contributed by atoms with van der Waals surface area (Å²) in [6.07, 6.45) is 2.04. The maximum Gasteiger partial charge on any atom is 0.255 e. The SMILES string of the molecule is NC(=S)C(NC(=O)c1ccc2ccccc2c1O)C1CC1. The summed E-state index contributed by atoms with van der Waals surface area (Å²) in [6, 6.07) is 10.5. The van der Waals surface area contributed by atoms with Crippen molar-refractivity contribution < 1.29 is 9.90 Å². The molecule has 0 heterocycles. The van der Waals surface area contributed by atoms with Gasteiger partial charge in [-0.3, -0.25) is 4.79 Å². The minimum absolute atomic E-state index is 0.0110. The number of phenols is 1. The predicted molar refractivity (Wildman–Crippen MR) is 86.4 cm³/mol. The summed E-state index contributed by atoms with van der Waals surface area (Å²) in [5, 5.41) is 14.7. The average molecular weight is 300 g/mol. The minimum Gasteiger partial charge on any atom is -0.506 e. The number of benzene rings is 2. The Morgan fingerprint density at radius 1 is 1.29 bits per heavy atom. The Morgan fingerprint density at radius 2 is 2.00 bits per heavy atom. The average Bonchev–Trinajstić information content (AvgIpc) is 3.29. The van der Waals surface area contributed by atoms with Crippen molar-refractivity contribution in [2.45, 2.75) is 18.9 Å². The first kappa shape index (κ1) is 13.8. The van der Waals surface area contributed by atoms with E-state index in [0.29, 0.717) is 16.3 Å². The van der Waals surface area contributed by atoms with E-state index in [2.05, 4.69) is 5.32 Å². The molecule has 0 radical (unpaired) electrons. The highest BCUT2D eigenvalue weighted by atomic mass is 32.1. The van der Waals surface area contributed by atoms with E-state index in [9.17, 15) is 9.90 Å². The van der Waals surface area contributed by atoms with Gasteiger partial charge in [0, 0.05) is 5.39 Å². The van der Waals surface area contributed by atoms with Crippen molar-refractivity contribution >= 4 is 33.9 Å². The minimum atomic E-state index is -0.344. The van der Waals surface area contributed by atoms with Crippen molar-refractivity contribution in [3.8, 4) is 5.75 Å². The molecule has 0 bridgehead atoms. The van der Waals surface area contributed by atoms with Crippen LogP contribution in [0.4, 0.5) is 0 Å². The molecule has 0 aliphatic heterocycles. The monoisotopic (exact) mass is 300 g/mol. The fraction of sp³-hybridized carbons (Fsp3) is 0.250. The number of carbonyl (C=O) groups excluding carboxylic acids is 1. The maximum absolute atomic E-state index is 12.4. The number of thiocarbonyl (C=S) groups is 1. The summed E-state index contributed by atoms with van der Waals surface area (Å²) in [5.74, 6) is -0.0277. The number of hydrogen-bond donors (Lipinski definition) is 3. The van der Waals surface area contributed by atoms with Crippen molar-refractivity contribution in [1.82, 2.24) is 5.32 Å². The van der Waals surface area contributed by atoms with E-state index in [1.54, 1.807) is 12.1 Å². The number of aromatic hydroxyl groups is 1. The molecule has 0 aromatic heterocycles. The van der Waals surface area contributed by atoms with Crippen LogP contribution in [0.1, 0.15) is 23.2 Å². The van der Waals surface area contributed by atoms with Crippen LogP contribution in [0, 0.1) is 5.92 Å². The Hall–Kier alpha value is -2.14. The van der Waals surface area contributed by atoms with Crippen molar-refractivity contribution in [2.24, 2.45) is 11.7 Å². The van der Waals surface area contributed by atoms with E-state index < -0.39 is 0 Å². The summed E-state index contributed by atoms with van der Waals surface area (Å²) in [7, 11) is 0. The van der Waals surface area contributed by atoms with E-state index in [0.717, 1.165) is 18.2 Å². The predicted octanol–water partition coefficient (Wildman–Crippen LogP) is 2.34. The van der Waals surface area contributed by atoms with Crippen LogP contribution in [0.2, 0.25) is 0 Å². The van der Waals surface area contributed by atoms with Crippen LogP contribution in [0.15, 0.2) is 36.4 Å². The molecule has 1 unspecified atom stereocenters. The number of nitrogens with one attached hydrogen (secondary N) is 1. The van der Waals surface area contributed by atoms with Gasteiger partial charge in [0.1, 0.15) is 5.75 Å². The normalized spacial score (nSPS) is 15.6. The summed E-state index contributed by atoms with van der Waals surface area (Å²) in [4.78, 5) is 12.7. The topological polar surface area (TPSA) is 75.3 Å². The standard InChI is InChI=1S/C16H16N2O2S/c17-15(21)13(10-5-6-10)18-16(20)12-8-7-9-3-1-2-4-11(9)14(12)19/h1-4,7-8,10,13,19H,5-6H2,(H2,17,21)(H,18,20). The van der Waals surface area contributed by atoms with Gasteiger partial charge >= 0.3 is 0 Å². The largest absolute Gasteiger partial charge is 0.506 e. The van der Waals surface area contributed by atoms with Crippen LogP contribution in [0.5, 0.6) is 5.75 Å². The lowest BCUT2D eigenvalue weighted by molar-refractivity contribution is 0.0941. The Kier molecular flexibility index (Phi) is 3.51. The van der Waals surface area contributed by atoms with Gasteiger partial charge in [0.2, 0.25) is 0 Å². The second kappa shape index (κ2) is 5.33. The second-order valence-corrected chi connectivity index (χ2v) is 5.85. The molecule has 4 N–H and O–H groups in total. The quantitative estimate of drug-likeness (QED) is 0.758. The van der Waals surface area contributed by atoms with Crippen LogP contribution >= 0.6 is 12.2 Å². The first-order valence-electron chi connectivity index (χ1n) is 6.89.